The van der Waals surface area contributed by atoms with Crippen molar-refractivity contribution in [1.82, 2.24) is 14.9 Å². The fourth-order valence-electron chi connectivity index (χ4n) is 3.72. The van der Waals surface area contributed by atoms with E-state index < -0.39 is 0 Å². The second-order valence-electron chi connectivity index (χ2n) is 7.35. The van der Waals surface area contributed by atoms with Gasteiger partial charge in [0.2, 0.25) is 0 Å². The van der Waals surface area contributed by atoms with Gasteiger partial charge in [-0.1, -0.05) is 18.2 Å². The Labute approximate surface area is 165 Å². The summed E-state index contributed by atoms with van der Waals surface area (Å²) in [4.78, 5) is 22.8. The van der Waals surface area contributed by atoms with Gasteiger partial charge in [-0.25, -0.2) is 4.98 Å². The van der Waals surface area contributed by atoms with Crippen LogP contribution in [-0.4, -0.2) is 33.7 Å². The number of nitrogens with zero attached hydrogens (tertiary/aromatic N) is 2. The maximum Gasteiger partial charge on any atom is 0.167 e. The van der Waals surface area contributed by atoms with Crippen LogP contribution in [0.5, 0.6) is 11.5 Å². The van der Waals surface area contributed by atoms with E-state index >= 15 is 0 Å². The van der Waals surface area contributed by atoms with Crippen molar-refractivity contribution in [2.75, 3.05) is 13.1 Å². The summed E-state index contributed by atoms with van der Waals surface area (Å²) in [7, 11) is 0. The Morgan fingerprint density at radius 3 is 2.61 bits per heavy atom. The number of aromatic nitrogens is 2. The summed E-state index contributed by atoms with van der Waals surface area (Å²) in [6, 6.07) is 17.1. The Balaban J connectivity index is 1.38. The van der Waals surface area contributed by atoms with Gasteiger partial charge in [0.25, 0.3) is 0 Å². The number of aryl methyl sites for hydroxylation is 1. The van der Waals surface area contributed by atoms with Gasteiger partial charge >= 0.3 is 0 Å². The average molecular weight is 375 g/mol. The van der Waals surface area contributed by atoms with Crippen molar-refractivity contribution in [3.63, 3.8) is 0 Å². The number of H-pyrrole nitrogens is 1. The van der Waals surface area contributed by atoms with Crippen molar-refractivity contribution >= 4 is 5.78 Å². The van der Waals surface area contributed by atoms with Crippen LogP contribution in [0.4, 0.5) is 0 Å². The molecule has 0 spiro atoms. The molecule has 0 aliphatic carbocycles. The van der Waals surface area contributed by atoms with Crippen molar-refractivity contribution < 1.29 is 9.53 Å². The lowest BCUT2D eigenvalue weighted by Crippen LogP contribution is -2.38. The lowest BCUT2D eigenvalue weighted by atomic mass is 9.90. The molecule has 0 bridgehead atoms. The van der Waals surface area contributed by atoms with Crippen molar-refractivity contribution in [1.29, 1.82) is 0 Å². The van der Waals surface area contributed by atoms with Crippen molar-refractivity contribution in [3.8, 4) is 11.5 Å². The fourth-order valence-corrected chi connectivity index (χ4v) is 3.72. The Hall–Kier alpha value is -2.92. The molecule has 1 aliphatic rings. The SMILES string of the molecule is Cc1[nH]cnc1CN1CCCC(C(=O)c2ccc(Oc3ccccc3)cc2)C1. The highest BCUT2D eigenvalue weighted by atomic mass is 16.5. The molecular formula is C23H25N3O2. The van der Waals surface area contributed by atoms with Gasteiger partial charge < -0.3 is 9.72 Å². The average Bonchev–Trinajstić information content (AvgIpc) is 3.13. The predicted octanol–water partition coefficient (Wildman–Crippen LogP) is 4.61. The normalized spacial score (nSPS) is 17.4. The molecule has 1 fully saturated rings. The molecule has 3 aromatic rings. The first-order chi connectivity index (χ1) is 13.7. The summed E-state index contributed by atoms with van der Waals surface area (Å²) in [5, 5.41) is 0. The number of likely N-dealkylation sites (tertiary alicyclic amines) is 1. The molecule has 1 aliphatic heterocycles. The zero-order valence-corrected chi connectivity index (χ0v) is 16.1. The largest absolute Gasteiger partial charge is 0.457 e. The molecule has 28 heavy (non-hydrogen) atoms. The van der Waals surface area contributed by atoms with Gasteiger partial charge in [0.15, 0.2) is 5.78 Å². The van der Waals surface area contributed by atoms with Crippen molar-refractivity contribution in [3.05, 3.63) is 77.9 Å². The number of ether oxygens (including phenoxy) is 1. The highest BCUT2D eigenvalue weighted by Gasteiger charge is 2.27. The number of para-hydroxylation sites is 1. The number of hydrogen-bond acceptors (Lipinski definition) is 4. The monoisotopic (exact) mass is 375 g/mol. The molecule has 5 nitrogen and oxygen atoms in total. The van der Waals surface area contributed by atoms with Gasteiger partial charge in [0, 0.05) is 30.3 Å². The zero-order valence-electron chi connectivity index (χ0n) is 16.1. The molecule has 0 radical (unpaired) electrons. The molecular weight excluding hydrogens is 350 g/mol. The first kappa shape index (κ1) is 18.4. The minimum Gasteiger partial charge on any atom is -0.457 e. The van der Waals surface area contributed by atoms with E-state index in [4.69, 9.17) is 4.74 Å². The summed E-state index contributed by atoms with van der Waals surface area (Å²) in [6.45, 7) is 4.63. The van der Waals surface area contributed by atoms with Crippen LogP contribution in [0, 0.1) is 12.8 Å². The van der Waals surface area contributed by atoms with Gasteiger partial charge in [-0.05, 0) is 62.7 Å². The van der Waals surface area contributed by atoms with Crippen LogP contribution < -0.4 is 4.74 Å². The zero-order chi connectivity index (χ0) is 19.3. The number of hydrogen-bond donors (Lipinski definition) is 1. The Kier molecular flexibility index (Phi) is 5.53. The molecule has 144 valence electrons. The van der Waals surface area contributed by atoms with E-state index in [9.17, 15) is 4.79 Å². The number of ketones is 1. The van der Waals surface area contributed by atoms with Gasteiger partial charge in [0.05, 0.1) is 12.0 Å². The highest BCUT2D eigenvalue weighted by Crippen LogP contribution is 2.25. The maximum absolute atomic E-state index is 13.0. The Bertz CT molecular complexity index is 919. The van der Waals surface area contributed by atoms with Crippen molar-refractivity contribution in [2.24, 2.45) is 5.92 Å². The molecule has 1 atom stereocenters. The number of nitrogens with one attached hydrogen (secondary N) is 1. The summed E-state index contributed by atoms with van der Waals surface area (Å²) in [5.41, 5.74) is 2.92. The third-order valence-corrected chi connectivity index (χ3v) is 5.30. The highest BCUT2D eigenvalue weighted by molar-refractivity contribution is 5.98. The maximum atomic E-state index is 13.0. The number of imidazole rings is 1. The van der Waals surface area contributed by atoms with E-state index in [0.717, 1.165) is 60.9 Å². The first-order valence-electron chi connectivity index (χ1n) is 9.77. The number of benzene rings is 2. The number of carbonyl (C=O) groups is 1. The second-order valence-corrected chi connectivity index (χ2v) is 7.35. The molecule has 1 saturated heterocycles. The molecule has 2 aromatic carbocycles. The molecule has 0 amide bonds. The lowest BCUT2D eigenvalue weighted by Gasteiger charge is -2.31. The van der Waals surface area contributed by atoms with Crippen molar-refractivity contribution in [2.45, 2.75) is 26.3 Å². The van der Waals surface area contributed by atoms with Crippen LogP contribution in [0.1, 0.15) is 34.6 Å². The quantitative estimate of drug-likeness (QED) is 0.640. The van der Waals surface area contributed by atoms with Crippen LogP contribution in [0.3, 0.4) is 0 Å². The summed E-state index contributed by atoms with van der Waals surface area (Å²) < 4.78 is 5.82. The first-order valence-corrected chi connectivity index (χ1v) is 9.77. The Morgan fingerprint density at radius 2 is 1.89 bits per heavy atom. The van der Waals surface area contributed by atoms with E-state index in [1.165, 1.54) is 0 Å². The number of carbonyl (C=O) groups excluding carboxylic acids is 1. The number of aromatic amines is 1. The molecule has 0 saturated carbocycles. The molecule has 5 heteroatoms. The minimum absolute atomic E-state index is 0.0360. The number of Topliss-reactive ketones (excluding diaryl/α,β-unsaturated/α-hetero) is 1. The van der Waals surface area contributed by atoms with E-state index in [2.05, 4.69) is 14.9 Å². The van der Waals surface area contributed by atoms with Crippen LogP contribution in [0.15, 0.2) is 60.9 Å². The number of rotatable bonds is 6. The van der Waals surface area contributed by atoms with Gasteiger partial charge in [-0.2, -0.15) is 0 Å². The summed E-state index contributed by atoms with van der Waals surface area (Å²) >= 11 is 0. The molecule has 1 unspecified atom stereocenters. The topological polar surface area (TPSA) is 58.2 Å². The van der Waals surface area contributed by atoms with Crippen LogP contribution in [-0.2, 0) is 6.54 Å². The van der Waals surface area contributed by atoms with Crippen LogP contribution in [0.25, 0.3) is 0 Å². The molecule has 4 rings (SSSR count). The molecule has 1 aromatic heterocycles. The van der Waals surface area contributed by atoms with Crippen LogP contribution in [0.2, 0.25) is 0 Å². The summed E-state index contributed by atoms with van der Waals surface area (Å²) in [5.74, 6) is 1.78. The molecule has 2 heterocycles. The predicted molar refractivity (Wildman–Crippen MR) is 109 cm³/mol. The minimum atomic E-state index is 0.0360. The standard InChI is InChI=1S/C23H25N3O2/c1-17-22(25-16-24-17)15-26-13-5-6-19(14-26)23(27)18-9-11-21(12-10-18)28-20-7-3-2-4-8-20/h2-4,7-12,16,19H,5-6,13-15H2,1H3,(H,24,25). The summed E-state index contributed by atoms with van der Waals surface area (Å²) in [6.07, 6.45) is 3.71. The van der Waals surface area contributed by atoms with Gasteiger partial charge in [0.1, 0.15) is 11.5 Å². The molecule has 1 N–H and O–H groups in total. The van der Waals surface area contributed by atoms with Gasteiger partial charge in [-0.15, -0.1) is 0 Å². The number of piperidine rings is 1. The van der Waals surface area contributed by atoms with E-state index in [-0.39, 0.29) is 11.7 Å². The Morgan fingerprint density at radius 1 is 1.14 bits per heavy atom. The van der Waals surface area contributed by atoms with E-state index in [1.807, 2.05) is 61.5 Å². The van der Waals surface area contributed by atoms with E-state index in [1.54, 1.807) is 6.33 Å². The van der Waals surface area contributed by atoms with E-state index in [0.29, 0.717) is 0 Å². The third-order valence-electron chi connectivity index (χ3n) is 5.30. The second kappa shape index (κ2) is 8.40. The lowest BCUT2D eigenvalue weighted by molar-refractivity contribution is 0.0810. The van der Waals surface area contributed by atoms with Gasteiger partial charge in [-0.3, -0.25) is 9.69 Å². The van der Waals surface area contributed by atoms with Crippen LogP contribution >= 0.6 is 0 Å². The third kappa shape index (κ3) is 4.31. The fraction of sp³-hybridized carbons (Fsp3) is 0.304. The smallest absolute Gasteiger partial charge is 0.167 e.